The van der Waals surface area contributed by atoms with Gasteiger partial charge in [-0.25, -0.2) is 9.78 Å². The number of aromatic nitrogens is 3. The molecule has 0 aliphatic rings. The number of H-pyrrole nitrogens is 1. The summed E-state index contributed by atoms with van der Waals surface area (Å²) in [6.45, 7) is 1.94. The quantitative estimate of drug-likeness (QED) is 0.491. The van der Waals surface area contributed by atoms with E-state index >= 15 is 0 Å². The number of rotatable bonds is 3. The van der Waals surface area contributed by atoms with Crippen LogP contribution in [-0.4, -0.2) is 20.4 Å². The van der Waals surface area contributed by atoms with Crippen molar-refractivity contribution in [3.8, 4) is 5.69 Å². The number of nitrogens with one attached hydrogen (secondary N) is 2. The zero-order valence-electron chi connectivity index (χ0n) is 15.5. The third-order valence-corrected chi connectivity index (χ3v) is 4.78. The van der Waals surface area contributed by atoms with Gasteiger partial charge in [-0.15, -0.1) is 0 Å². The average molecular weight is 384 g/mol. The van der Waals surface area contributed by atoms with E-state index in [9.17, 15) is 9.59 Å². The van der Waals surface area contributed by atoms with E-state index in [4.69, 9.17) is 4.42 Å². The molecule has 2 heterocycles. The summed E-state index contributed by atoms with van der Waals surface area (Å²) in [7, 11) is 0. The molecule has 0 aliphatic heterocycles. The van der Waals surface area contributed by atoms with Crippen LogP contribution in [0.25, 0.3) is 27.8 Å². The summed E-state index contributed by atoms with van der Waals surface area (Å²) in [6.07, 6.45) is 0. The van der Waals surface area contributed by atoms with E-state index in [0.29, 0.717) is 22.4 Å². The second kappa shape index (κ2) is 6.49. The Morgan fingerprint density at radius 3 is 2.72 bits per heavy atom. The van der Waals surface area contributed by atoms with Crippen molar-refractivity contribution in [1.29, 1.82) is 0 Å². The number of carbonyl (C=O) groups excluding carboxylic acids is 1. The van der Waals surface area contributed by atoms with Crippen molar-refractivity contribution in [2.75, 3.05) is 5.32 Å². The lowest BCUT2D eigenvalue weighted by Gasteiger charge is -2.07. The van der Waals surface area contributed by atoms with Crippen LogP contribution in [0.5, 0.6) is 0 Å². The van der Waals surface area contributed by atoms with Crippen molar-refractivity contribution in [1.82, 2.24) is 14.5 Å². The van der Waals surface area contributed by atoms with E-state index in [1.807, 2.05) is 43.3 Å². The Morgan fingerprint density at radius 2 is 1.90 bits per heavy atom. The van der Waals surface area contributed by atoms with Gasteiger partial charge in [0.1, 0.15) is 5.82 Å². The summed E-state index contributed by atoms with van der Waals surface area (Å²) in [5.74, 6) is 0.0560. The van der Waals surface area contributed by atoms with E-state index in [0.717, 1.165) is 22.5 Å². The minimum atomic E-state index is -0.529. The van der Waals surface area contributed by atoms with Gasteiger partial charge in [0.05, 0.1) is 16.6 Å². The van der Waals surface area contributed by atoms with Crippen LogP contribution in [-0.2, 0) is 0 Å². The number of imidazole rings is 1. The molecule has 0 fully saturated rings. The normalized spacial score (nSPS) is 11.2. The number of para-hydroxylation sites is 1. The number of benzene rings is 3. The molecule has 1 amide bonds. The van der Waals surface area contributed by atoms with Gasteiger partial charge >= 0.3 is 5.76 Å². The molecule has 0 aliphatic carbocycles. The molecule has 3 aromatic carbocycles. The van der Waals surface area contributed by atoms with Crippen molar-refractivity contribution in [3.05, 3.63) is 88.7 Å². The molecule has 5 aromatic rings. The van der Waals surface area contributed by atoms with Gasteiger partial charge < -0.3 is 9.73 Å². The number of hydrogen-bond acceptors (Lipinski definition) is 4. The largest absolute Gasteiger partial charge is 0.417 e. The molecule has 0 bridgehead atoms. The van der Waals surface area contributed by atoms with Crippen LogP contribution < -0.4 is 11.1 Å². The highest BCUT2D eigenvalue weighted by Gasteiger charge is 2.13. The number of fused-ring (bicyclic) bond motifs is 2. The molecule has 5 rings (SSSR count). The Labute approximate surface area is 164 Å². The third kappa shape index (κ3) is 2.98. The van der Waals surface area contributed by atoms with Gasteiger partial charge in [-0.1, -0.05) is 18.2 Å². The summed E-state index contributed by atoms with van der Waals surface area (Å²) in [5, 5.41) is 2.84. The molecule has 2 aromatic heterocycles. The van der Waals surface area contributed by atoms with Gasteiger partial charge in [0.15, 0.2) is 5.58 Å². The standard InChI is InChI=1S/C22H16N4O3/c1-13-23-17-11-14(7-9-19(17)26(13)16-5-3-2-4-6-16)21(27)24-15-8-10-20-18(12-15)25-22(28)29-20/h2-12H,1H3,(H,24,27)(H,25,28). The molecular weight excluding hydrogens is 368 g/mol. The summed E-state index contributed by atoms with van der Waals surface area (Å²) in [5.41, 5.74) is 4.72. The Hall–Kier alpha value is -4.13. The summed E-state index contributed by atoms with van der Waals surface area (Å²) < 4.78 is 7.03. The lowest BCUT2D eigenvalue weighted by Crippen LogP contribution is -2.11. The maximum absolute atomic E-state index is 12.7. The molecule has 7 nitrogen and oxygen atoms in total. The maximum atomic E-state index is 12.7. The molecule has 142 valence electrons. The van der Waals surface area contributed by atoms with Gasteiger partial charge in [0.2, 0.25) is 0 Å². The fourth-order valence-corrected chi connectivity index (χ4v) is 3.48. The highest BCUT2D eigenvalue weighted by atomic mass is 16.4. The monoisotopic (exact) mass is 384 g/mol. The van der Waals surface area contributed by atoms with Crippen LogP contribution >= 0.6 is 0 Å². The van der Waals surface area contributed by atoms with E-state index in [2.05, 4.69) is 19.9 Å². The van der Waals surface area contributed by atoms with Crippen molar-refractivity contribution in [2.45, 2.75) is 6.92 Å². The van der Waals surface area contributed by atoms with Crippen molar-refractivity contribution in [2.24, 2.45) is 0 Å². The van der Waals surface area contributed by atoms with Crippen LogP contribution in [0, 0.1) is 6.92 Å². The van der Waals surface area contributed by atoms with Crippen LogP contribution in [0.3, 0.4) is 0 Å². The van der Waals surface area contributed by atoms with Gasteiger partial charge in [0, 0.05) is 16.9 Å². The number of aromatic amines is 1. The minimum Gasteiger partial charge on any atom is -0.408 e. The number of nitrogens with zero attached hydrogens (tertiary/aromatic N) is 2. The van der Waals surface area contributed by atoms with E-state index < -0.39 is 5.76 Å². The second-order valence-corrected chi connectivity index (χ2v) is 6.71. The SMILES string of the molecule is Cc1nc2cc(C(=O)Nc3ccc4oc(=O)[nH]c4c3)ccc2n1-c1ccccc1. The lowest BCUT2D eigenvalue weighted by molar-refractivity contribution is 0.102. The molecular formula is C22H16N4O3. The summed E-state index contributed by atoms with van der Waals surface area (Å²) >= 11 is 0. The molecule has 0 spiro atoms. The Morgan fingerprint density at radius 1 is 1.07 bits per heavy atom. The van der Waals surface area contributed by atoms with Crippen LogP contribution in [0.2, 0.25) is 0 Å². The summed E-state index contributed by atoms with van der Waals surface area (Å²) in [6, 6.07) is 20.4. The van der Waals surface area contributed by atoms with Gasteiger partial charge in [0.25, 0.3) is 5.91 Å². The first-order valence-electron chi connectivity index (χ1n) is 9.07. The minimum absolute atomic E-state index is 0.260. The molecule has 2 N–H and O–H groups in total. The molecule has 0 radical (unpaired) electrons. The topological polar surface area (TPSA) is 92.9 Å². The smallest absolute Gasteiger partial charge is 0.408 e. The zero-order valence-corrected chi connectivity index (χ0v) is 15.5. The molecule has 0 unspecified atom stereocenters. The predicted molar refractivity (Wildman–Crippen MR) is 111 cm³/mol. The fourth-order valence-electron chi connectivity index (χ4n) is 3.48. The van der Waals surface area contributed by atoms with Crippen molar-refractivity contribution < 1.29 is 9.21 Å². The number of anilines is 1. The van der Waals surface area contributed by atoms with E-state index in [1.54, 1.807) is 30.3 Å². The van der Waals surface area contributed by atoms with Crippen LogP contribution in [0.1, 0.15) is 16.2 Å². The van der Waals surface area contributed by atoms with Crippen molar-refractivity contribution in [3.63, 3.8) is 0 Å². The molecule has 0 saturated heterocycles. The number of hydrogen-bond donors (Lipinski definition) is 2. The number of carbonyl (C=O) groups is 1. The molecule has 29 heavy (non-hydrogen) atoms. The third-order valence-electron chi connectivity index (χ3n) is 4.78. The number of oxazole rings is 1. The number of amides is 1. The van der Waals surface area contributed by atoms with Gasteiger partial charge in [-0.05, 0) is 55.5 Å². The van der Waals surface area contributed by atoms with Gasteiger partial charge in [-0.3, -0.25) is 14.3 Å². The Balaban J connectivity index is 1.48. The van der Waals surface area contributed by atoms with Gasteiger partial charge in [-0.2, -0.15) is 0 Å². The van der Waals surface area contributed by atoms with Crippen molar-refractivity contribution >= 4 is 33.7 Å². The van der Waals surface area contributed by atoms with E-state index in [1.165, 1.54) is 0 Å². The first-order valence-corrected chi connectivity index (χ1v) is 9.07. The van der Waals surface area contributed by atoms with Crippen LogP contribution in [0.15, 0.2) is 75.9 Å². The summed E-state index contributed by atoms with van der Waals surface area (Å²) in [4.78, 5) is 31.2. The van der Waals surface area contributed by atoms with E-state index in [-0.39, 0.29) is 5.91 Å². The first-order chi connectivity index (χ1) is 14.1. The highest BCUT2D eigenvalue weighted by Crippen LogP contribution is 2.23. The zero-order chi connectivity index (χ0) is 20.0. The molecule has 0 atom stereocenters. The lowest BCUT2D eigenvalue weighted by atomic mass is 10.1. The average Bonchev–Trinajstić information content (AvgIpc) is 3.25. The molecule has 0 saturated carbocycles. The number of aryl methyl sites for hydroxylation is 1. The maximum Gasteiger partial charge on any atom is 0.417 e. The highest BCUT2D eigenvalue weighted by molar-refractivity contribution is 6.06. The first kappa shape index (κ1) is 17.0. The Kier molecular flexibility index (Phi) is 3.80. The Bertz CT molecular complexity index is 1430. The molecule has 7 heteroatoms. The predicted octanol–water partition coefficient (Wildman–Crippen LogP) is 4.02. The second-order valence-electron chi connectivity index (χ2n) is 6.71. The van der Waals surface area contributed by atoms with Crippen LogP contribution in [0.4, 0.5) is 5.69 Å². The fraction of sp³-hybridized carbons (Fsp3) is 0.0455.